The number of nitrogens with zero attached hydrogens (tertiary/aromatic N) is 2. The van der Waals surface area contributed by atoms with Gasteiger partial charge in [-0.25, -0.2) is 0 Å². The number of fused-ring (bicyclic) bond motifs is 1. The SMILES string of the molecule is CC(C)CN1CC=C2C(C)(C)C(=O)C(C#N)=C[C@@]2(c2ccccc2)C1=O. The van der Waals surface area contributed by atoms with E-state index in [-0.39, 0.29) is 17.3 Å². The van der Waals surface area contributed by atoms with Gasteiger partial charge in [-0.1, -0.05) is 50.3 Å². The minimum absolute atomic E-state index is 0.0526. The number of carbonyl (C=O) groups is 2. The third-order valence-corrected chi connectivity index (χ3v) is 5.35. The monoisotopic (exact) mass is 348 g/mol. The highest BCUT2D eigenvalue weighted by Gasteiger charge is 2.56. The molecule has 0 spiro atoms. The van der Waals surface area contributed by atoms with Crippen molar-refractivity contribution in [1.29, 1.82) is 5.26 Å². The van der Waals surface area contributed by atoms with Gasteiger partial charge in [0.2, 0.25) is 5.91 Å². The van der Waals surface area contributed by atoms with Crippen LogP contribution in [0.4, 0.5) is 0 Å². The summed E-state index contributed by atoms with van der Waals surface area (Å²) in [7, 11) is 0. The lowest BCUT2D eigenvalue weighted by Gasteiger charge is -2.48. The molecular formula is C22H24N2O2. The minimum Gasteiger partial charge on any atom is -0.337 e. The van der Waals surface area contributed by atoms with Crippen LogP contribution in [0.3, 0.4) is 0 Å². The van der Waals surface area contributed by atoms with E-state index >= 15 is 0 Å². The van der Waals surface area contributed by atoms with Crippen molar-refractivity contribution in [1.82, 2.24) is 4.90 Å². The molecule has 1 aromatic carbocycles. The van der Waals surface area contributed by atoms with Crippen LogP contribution in [0.1, 0.15) is 33.3 Å². The Morgan fingerprint density at radius 1 is 1.19 bits per heavy atom. The van der Waals surface area contributed by atoms with Crippen molar-refractivity contribution >= 4 is 11.7 Å². The molecule has 1 aliphatic heterocycles. The van der Waals surface area contributed by atoms with Crippen LogP contribution < -0.4 is 0 Å². The second kappa shape index (κ2) is 6.25. The highest BCUT2D eigenvalue weighted by atomic mass is 16.2. The summed E-state index contributed by atoms with van der Waals surface area (Å²) in [5.41, 5.74) is -0.328. The first-order chi connectivity index (χ1) is 12.2. The molecule has 3 rings (SSSR count). The summed E-state index contributed by atoms with van der Waals surface area (Å²) in [6.45, 7) is 8.91. The van der Waals surface area contributed by atoms with E-state index in [2.05, 4.69) is 13.8 Å². The molecule has 1 amide bonds. The number of allylic oxidation sites excluding steroid dienone is 1. The highest BCUT2D eigenvalue weighted by Crippen LogP contribution is 2.51. The number of nitriles is 1. The fraction of sp³-hybridized carbons (Fsp3) is 0.409. The van der Waals surface area contributed by atoms with Gasteiger partial charge in [-0.3, -0.25) is 9.59 Å². The van der Waals surface area contributed by atoms with E-state index in [4.69, 9.17) is 0 Å². The summed E-state index contributed by atoms with van der Waals surface area (Å²) < 4.78 is 0. The van der Waals surface area contributed by atoms with E-state index < -0.39 is 10.8 Å². The van der Waals surface area contributed by atoms with Gasteiger partial charge in [-0.15, -0.1) is 0 Å². The Morgan fingerprint density at radius 2 is 1.85 bits per heavy atom. The Hall–Kier alpha value is -2.67. The number of carbonyl (C=O) groups excluding carboxylic acids is 2. The zero-order valence-electron chi connectivity index (χ0n) is 15.7. The Kier molecular flexibility index (Phi) is 4.36. The molecule has 0 saturated heterocycles. The maximum atomic E-state index is 13.7. The van der Waals surface area contributed by atoms with Gasteiger partial charge in [0.05, 0.1) is 11.0 Å². The normalized spacial score (nSPS) is 24.7. The molecule has 0 bridgehead atoms. The van der Waals surface area contributed by atoms with E-state index in [0.717, 1.165) is 11.1 Å². The van der Waals surface area contributed by atoms with Crippen molar-refractivity contribution in [2.75, 3.05) is 13.1 Å². The van der Waals surface area contributed by atoms with Crippen LogP contribution in [0.5, 0.6) is 0 Å². The molecule has 0 aromatic heterocycles. The predicted octanol–water partition coefficient (Wildman–Crippen LogP) is 3.41. The number of hydrogen-bond acceptors (Lipinski definition) is 3. The fourth-order valence-corrected chi connectivity index (χ4v) is 4.18. The summed E-state index contributed by atoms with van der Waals surface area (Å²) in [6, 6.07) is 11.5. The van der Waals surface area contributed by atoms with Crippen molar-refractivity contribution < 1.29 is 9.59 Å². The lowest BCUT2D eigenvalue weighted by Crippen LogP contribution is -2.57. The lowest BCUT2D eigenvalue weighted by molar-refractivity contribution is -0.136. The molecule has 0 radical (unpaired) electrons. The molecule has 1 aliphatic carbocycles. The Bertz CT molecular complexity index is 856. The highest BCUT2D eigenvalue weighted by molar-refractivity contribution is 6.11. The molecule has 1 heterocycles. The van der Waals surface area contributed by atoms with E-state index in [1.807, 2.05) is 61.2 Å². The lowest BCUT2D eigenvalue weighted by atomic mass is 9.56. The molecule has 2 aliphatic rings. The Labute approximate surface area is 154 Å². The molecule has 0 fully saturated rings. The molecule has 1 aromatic rings. The number of benzene rings is 1. The van der Waals surface area contributed by atoms with E-state index in [1.54, 1.807) is 6.08 Å². The summed E-state index contributed by atoms with van der Waals surface area (Å²) in [4.78, 5) is 28.3. The van der Waals surface area contributed by atoms with Gasteiger partial charge in [0, 0.05) is 13.1 Å². The van der Waals surface area contributed by atoms with Crippen LogP contribution in [0.2, 0.25) is 0 Å². The van der Waals surface area contributed by atoms with Crippen LogP contribution in [-0.2, 0) is 15.0 Å². The van der Waals surface area contributed by atoms with Gasteiger partial charge in [0.1, 0.15) is 11.5 Å². The molecule has 0 saturated carbocycles. The van der Waals surface area contributed by atoms with Gasteiger partial charge >= 0.3 is 0 Å². The second-order valence-electron chi connectivity index (χ2n) is 8.02. The number of ketones is 1. The van der Waals surface area contributed by atoms with Gasteiger partial charge in [0.25, 0.3) is 0 Å². The number of hydrogen-bond donors (Lipinski definition) is 0. The molecular weight excluding hydrogens is 324 g/mol. The number of Topliss-reactive ketones (excluding diaryl/α,β-unsaturated/α-hetero) is 1. The third kappa shape index (κ3) is 2.50. The maximum absolute atomic E-state index is 13.7. The van der Waals surface area contributed by atoms with E-state index in [0.29, 0.717) is 19.0 Å². The second-order valence-corrected chi connectivity index (χ2v) is 8.02. The largest absolute Gasteiger partial charge is 0.337 e. The smallest absolute Gasteiger partial charge is 0.241 e. The first-order valence-corrected chi connectivity index (χ1v) is 8.99. The summed E-state index contributed by atoms with van der Waals surface area (Å²) >= 11 is 0. The van der Waals surface area contributed by atoms with Crippen molar-refractivity contribution in [3.8, 4) is 6.07 Å². The van der Waals surface area contributed by atoms with Crippen LogP contribution in [0, 0.1) is 22.7 Å². The molecule has 4 heteroatoms. The quantitative estimate of drug-likeness (QED) is 0.787. The van der Waals surface area contributed by atoms with Crippen molar-refractivity contribution in [2.45, 2.75) is 33.1 Å². The Balaban J connectivity index is 2.32. The molecule has 0 unspecified atom stereocenters. The van der Waals surface area contributed by atoms with Gasteiger partial charge in [-0.2, -0.15) is 5.26 Å². The van der Waals surface area contributed by atoms with Gasteiger partial charge in [-0.05, 0) is 37.0 Å². The van der Waals surface area contributed by atoms with Gasteiger partial charge < -0.3 is 4.90 Å². The summed E-state index contributed by atoms with van der Waals surface area (Å²) in [5.74, 6) is 0.0607. The zero-order chi connectivity index (χ0) is 19.1. The maximum Gasteiger partial charge on any atom is 0.241 e. The molecule has 1 atom stereocenters. The Morgan fingerprint density at radius 3 is 2.42 bits per heavy atom. The van der Waals surface area contributed by atoms with Crippen LogP contribution in [0.15, 0.2) is 53.6 Å². The zero-order valence-corrected chi connectivity index (χ0v) is 15.7. The van der Waals surface area contributed by atoms with Gasteiger partial charge in [0.15, 0.2) is 5.78 Å². The van der Waals surface area contributed by atoms with Crippen molar-refractivity contribution in [2.24, 2.45) is 11.3 Å². The number of rotatable bonds is 3. The van der Waals surface area contributed by atoms with Crippen molar-refractivity contribution in [3.63, 3.8) is 0 Å². The molecule has 0 N–H and O–H groups in total. The van der Waals surface area contributed by atoms with E-state index in [1.165, 1.54) is 0 Å². The predicted molar refractivity (Wildman–Crippen MR) is 100 cm³/mol. The topological polar surface area (TPSA) is 61.2 Å². The third-order valence-electron chi connectivity index (χ3n) is 5.35. The average Bonchev–Trinajstić information content (AvgIpc) is 2.61. The van der Waals surface area contributed by atoms with Crippen molar-refractivity contribution in [3.05, 3.63) is 59.2 Å². The molecule has 4 nitrogen and oxygen atoms in total. The molecule has 26 heavy (non-hydrogen) atoms. The van der Waals surface area contributed by atoms with Crippen LogP contribution >= 0.6 is 0 Å². The summed E-state index contributed by atoms with van der Waals surface area (Å²) in [6.07, 6.45) is 3.61. The average molecular weight is 348 g/mol. The first-order valence-electron chi connectivity index (χ1n) is 8.99. The first kappa shape index (κ1) is 18.1. The summed E-state index contributed by atoms with van der Waals surface area (Å²) in [5, 5.41) is 9.56. The van der Waals surface area contributed by atoms with E-state index in [9.17, 15) is 14.9 Å². The van der Waals surface area contributed by atoms with Crippen LogP contribution in [-0.4, -0.2) is 29.7 Å². The minimum atomic E-state index is -1.09. The number of amides is 1. The fourth-order valence-electron chi connectivity index (χ4n) is 4.18. The standard InChI is InChI=1S/C22H24N2O2/c1-15(2)14-24-11-10-18-21(3,4)19(25)16(13-23)12-22(18,20(24)26)17-8-6-5-7-9-17/h5-10,12,15H,11,14H2,1-4H3/t22-/m0/s1. The van der Waals surface area contributed by atoms with Crippen LogP contribution in [0.25, 0.3) is 0 Å². The molecule has 134 valence electrons.